The molecule has 1 saturated heterocycles. The number of hydrogen-bond acceptors (Lipinski definition) is 5. The van der Waals surface area contributed by atoms with Crippen LogP contribution in [0, 0.1) is 5.82 Å². The summed E-state index contributed by atoms with van der Waals surface area (Å²) in [6.07, 6.45) is 1.11. The number of benzene rings is 1. The molecule has 1 aliphatic rings. The van der Waals surface area contributed by atoms with Crippen molar-refractivity contribution < 1.29 is 27.1 Å². The Labute approximate surface area is 147 Å². The summed E-state index contributed by atoms with van der Waals surface area (Å²) >= 11 is 3.13. The minimum absolute atomic E-state index is 0.193. The van der Waals surface area contributed by atoms with Crippen LogP contribution in [0.4, 0.5) is 4.39 Å². The van der Waals surface area contributed by atoms with Gasteiger partial charge in [-0.05, 0) is 18.2 Å². The van der Waals surface area contributed by atoms with Crippen LogP contribution in [0.3, 0.4) is 0 Å². The van der Waals surface area contributed by atoms with Crippen LogP contribution in [-0.4, -0.2) is 68.5 Å². The number of hydrogen-bond donors (Lipinski definition) is 0. The number of rotatable bonds is 4. The molecule has 0 atom stereocenters. The maximum absolute atomic E-state index is 13.6. The summed E-state index contributed by atoms with van der Waals surface area (Å²) in [7, 11) is -3.28. The molecule has 0 N–H and O–H groups in total. The highest BCUT2D eigenvalue weighted by atomic mass is 79.9. The van der Waals surface area contributed by atoms with Crippen LogP contribution in [-0.2, 0) is 19.6 Å². The van der Waals surface area contributed by atoms with E-state index in [4.69, 9.17) is 4.74 Å². The van der Waals surface area contributed by atoms with Crippen LogP contribution in [0.15, 0.2) is 22.7 Å². The quantitative estimate of drug-likeness (QED) is 0.671. The third-order valence-electron chi connectivity index (χ3n) is 3.54. The Hall–Kier alpha value is -1.52. The molecule has 1 fully saturated rings. The van der Waals surface area contributed by atoms with Gasteiger partial charge in [0.25, 0.3) is 5.91 Å². The molecule has 1 aliphatic heterocycles. The van der Waals surface area contributed by atoms with Crippen LogP contribution in [0.5, 0.6) is 0 Å². The van der Waals surface area contributed by atoms with E-state index in [1.807, 2.05) is 0 Å². The first-order valence-corrected chi connectivity index (χ1v) is 9.67. The van der Waals surface area contributed by atoms with E-state index in [2.05, 4.69) is 15.9 Å². The number of piperazine rings is 1. The highest BCUT2D eigenvalue weighted by molar-refractivity contribution is 9.10. The molecular weight excluding hydrogens is 407 g/mol. The summed E-state index contributed by atoms with van der Waals surface area (Å²) in [6.45, 7) is 0.296. The fourth-order valence-electron chi connectivity index (χ4n) is 2.22. The zero-order valence-electron chi connectivity index (χ0n) is 12.9. The summed E-state index contributed by atoms with van der Waals surface area (Å²) in [4.78, 5) is 25.3. The Morgan fingerprint density at radius 1 is 1.25 bits per heavy atom. The van der Waals surface area contributed by atoms with E-state index in [9.17, 15) is 22.4 Å². The smallest absolute Gasteiger partial charge is 0.341 e. The SMILES string of the molecule is CS(=O)(=O)N1CCN(C(=O)COC(=O)c2cc(Br)ccc2F)CC1. The normalized spacial score (nSPS) is 16.0. The molecular formula is C14H16BrFN2O5S. The molecule has 1 heterocycles. The molecule has 24 heavy (non-hydrogen) atoms. The average Bonchev–Trinajstić information content (AvgIpc) is 2.53. The van der Waals surface area contributed by atoms with Crippen molar-refractivity contribution in [2.75, 3.05) is 39.0 Å². The molecule has 1 aromatic rings. The maximum atomic E-state index is 13.6. The van der Waals surface area contributed by atoms with E-state index in [1.54, 1.807) is 0 Å². The van der Waals surface area contributed by atoms with Gasteiger partial charge in [-0.25, -0.2) is 17.6 Å². The van der Waals surface area contributed by atoms with Gasteiger partial charge in [0.05, 0.1) is 11.8 Å². The minimum Gasteiger partial charge on any atom is -0.452 e. The third-order valence-corrected chi connectivity index (χ3v) is 5.33. The Balaban J connectivity index is 1.88. The number of halogens is 2. The van der Waals surface area contributed by atoms with Crippen LogP contribution in [0.1, 0.15) is 10.4 Å². The lowest BCUT2D eigenvalue weighted by Gasteiger charge is -2.33. The summed E-state index contributed by atoms with van der Waals surface area (Å²) in [5.41, 5.74) is -0.265. The van der Waals surface area contributed by atoms with Gasteiger partial charge < -0.3 is 9.64 Å². The molecule has 1 amide bonds. The van der Waals surface area contributed by atoms with Gasteiger partial charge in [-0.3, -0.25) is 4.79 Å². The number of sulfonamides is 1. The van der Waals surface area contributed by atoms with E-state index in [0.717, 1.165) is 12.3 Å². The number of amides is 1. The summed E-state index contributed by atoms with van der Waals surface area (Å²) < 4.78 is 43.0. The van der Waals surface area contributed by atoms with Gasteiger partial charge in [-0.1, -0.05) is 15.9 Å². The predicted octanol–water partition coefficient (Wildman–Crippen LogP) is 0.849. The fraction of sp³-hybridized carbons (Fsp3) is 0.429. The third kappa shape index (κ3) is 4.74. The fourth-order valence-corrected chi connectivity index (χ4v) is 3.41. The molecule has 0 spiro atoms. The first-order chi connectivity index (χ1) is 11.2. The van der Waals surface area contributed by atoms with Crippen molar-refractivity contribution in [3.8, 4) is 0 Å². The highest BCUT2D eigenvalue weighted by Crippen LogP contribution is 2.16. The van der Waals surface area contributed by atoms with E-state index < -0.39 is 34.3 Å². The van der Waals surface area contributed by atoms with E-state index >= 15 is 0 Å². The Morgan fingerprint density at radius 2 is 1.88 bits per heavy atom. The number of esters is 1. The van der Waals surface area contributed by atoms with E-state index in [1.165, 1.54) is 21.3 Å². The van der Waals surface area contributed by atoms with Gasteiger partial charge in [0, 0.05) is 30.7 Å². The Kier molecular flexibility index (Phi) is 5.94. The van der Waals surface area contributed by atoms with Gasteiger partial charge in [0.2, 0.25) is 10.0 Å². The molecule has 10 heteroatoms. The molecule has 0 radical (unpaired) electrons. The lowest BCUT2D eigenvalue weighted by molar-refractivity contribution is -0.135. The average molecular weight is 423 g/mol. The zero-order valence-corrected chi connectivity index (χ0v) is 15.3. The van der Waals surface area contributed by atoms with Gasteiger partial charge in [-0.2, -0.15) is 4.31 Å². The first-order valence-electron chi connectivity index (χ1n) is 7.03. The molecule has 0 saturated carbocycles. The lowest BCUT2D eigenvalue weighted by Crippen LogP contribution is -2.51. The van der Waals surface area contributed by atoms with Crippen LogP contribution >= 0.6 is 15.9 Å². The molecule has 2 rings (SSSR count). The second kappa shape index (κ2) is 7.58. The minimum atomic E-state index is -3.28. The van der Waals surface area contributed by atoms with Crippen molar-refractivity contribution in [2.24, 2.45) is 0 Å². The zero-order chi connectivity index (χ0) is 17.9. The van der Waals surface area contributed by atoms with Crippen molar-refractivity contribution in [1.29, 1.82) is 0 Å². The van der Waals surface area contributed by atoms with Gasteiger partial charge in [-0.15, -0.1) is 0 Å². The van der Waals surface area contributed by atoms with Gasteiger partial charge in [0.1, 0.15) is 5.82 Å². The molecule has 1 aromatic carbocycles. The van der Waals surface area contributed by atoms with E-state index in [0.29, 0.717) is 4.47 Å². The Bertz CT molecular complexity index is 748. The first kappa shape index (κ1) is 18.8. The van der Waals surface area contributed by atoms with Gasteiger partial charge in [0.15, 0.2) is 6.61 Å². The van der Waals surface area contributed by atoms with Crippen LogP contribution in [0.25, 0.3) is 0 Å². The molecule has 132 valence electrons. The van der Waals surface area contributed by atoms with E-state index in [-0.39, 0.29) is 31.7 Å². The van der Waals surface area contributed by atoms with Crippen molar-refractivity contribution in [3.63, 3.8) is 0 Å². The largest absolute Gasteiger partial charge is 0.452 e. The number of nitrogens with zero attached hydrogens (tertiary/aromatic N) is 2. The second-order valence-corrected chi connectivity index (χ2v) is 8.14. The topological polar surface area (TPSA) is 84.0 Å². The monoisotopic (exact) mass is 422 g/mol. The van der Waals surface area contributed by atoms with Crippen molar-refractivity contribution in [2.45, 2.75) is 0 Å². The van der Waals surface area contributed by atoms with Crippen molar-refractivity contribution >= 4 is 37.8 Å². The van der Waals surface area contributed by atoms with Gasteiger partial charge >= 0.3 is 5.97 Å². The summed E-state index contributed by atoms with van der Waals surface area (Å²) in [5.74, 6) is -2.12. The Morgan fingerprint density at radius 3 is 2.46 bits per heavy atom. The molecule has 0 unspecified atom stereocenters. The molecule has 0 bridgehead atoms. The maximum Gasteiger partial charge on any atom is 0.341 e. The summed E-state index contributed by atoms with van der Waals surface area (Å²) in [5, 5.41) is 0. The standard InChI is InChI=1S/C14H16BrFN2O5S/c1-24(21,22)18-6-4-17(5-7-18)13(19)9-23-14(20)11-8-10(15)2-3-12(11)16/h2-3,8H,4-7,9H2,1H3. The molecule has 7 nitrogen and oxygen atoms in total. The summed E-state index contributed by atoms with van der Waals surface area (Å²) in [6, 6.07) is 3.83. The molecule has 0 aliphatic carbocycles. The number of carbonyl (C=O) groups excluding carboxylic acids is 2. The molecule has 0 aromatic heterocycles. The van der Waals surface area contributed by atoms with Crippen LogP contribution < -0.4 is 0 Å². The predicted molar refractivity (Wildman–Crippen MR) is 87.4 cm³/mol. The number of carbonyl (C=O) groups is 2. The van der Waals surface area contributed by atoms with Crippen molar-refractivity contribution in [1.82, 2.24) is 9.21 Å². The van der Waals surface area contributed by atoms with Crippen LogP contribution in [0.2, 0.25) is 0 Å². The second-order valence-electron chi connectivity index (χ2n) is 5.24. The van der Waals surface area contributed by atoms with Crippen molar-refractivity contribution in [3.05, 3.63) is 34.1 Å². The highest BCUT2D eigenvalue weighted by Gasteiger charge is 2.26. The number of ether oxygens (including phenoxy) is 1. The lowest BCUT2D eigenvalue weighted by atomic mass is 10.2.